The van der Waals surface area contributed by atoms with Crippen molar-refractivity contribution in [2.75, 3.05) is 21.3 Å². The summed E-state index contributed by atoms with van der Waals surface area (Å²) in [6.07, 6.45) is 3.59. The van der Waals surface area contributed by atoms with E-state index in [0.29, 0.717) is 6.42 Å². The summed E-state index contributed by atoms with van der Waals surface area (Å²) in [5, 5.41) is -0.793. The summed E-state index contributed by atoms with van der Waals surface area (Å²) in [6, 6.07) is 0.794. The lowest BCUT2D eigenvalue weighted by molar-refractivity contribution is -0.225. The fourth-order valence-electron chi connectivity index (χ4n) is 4.14. The molecular weight excluding hydrogens is 312 g/mol. The first-order chi connectivity index (χ1) is 10.7. The number of rotatable bonds is 7. The zero-order valence-electron chi connectivity index (χ0n) is 15.7. The fraction of sp³-hybridized carbons (Fsp3) is 0.824. The largest absolute Gasteiger partial charge is 0.453 e. The van der Waals surface area contributed by atoms with E-state index in [9.17, 15) is 4.79 Å². The molecule has 0 aromatic carbocycles. The molecule has 134 valence electrons. The van der Waals surface area contributed by atoms with Gasteiger partial charge in [-0.15, -0.1) is 0 Å². The highest BCUT2D eigenvalue weighted by molar-refractivity contribution is 6.71. The monoisotopic (exact) mass is 344 g/mol. The van der Waals surface area contributed by atoms with Crippen LogP contribution in [0, 0.1) is 5.41 Å². The van der Waals surface area contributed by atoms with Gasteiger partial charge in [-0.1, -0.05) is 33.8 Å². The Kier molecular flexibility index (Phi) is 6.24. The van der Waals surface area contributed by atoms with Crippen LogP contribution in [0.3, 0.4) is 0 Å². The van der Waals surface area contributed by atoms with E-state index in [1.807, 2.05) is 6.92 Å². The van der Waals surface area contributed by atoms with Gasteiger partial charge in [-0.3, -0.25) is 0 Å². The van der Waals surface area contributed by atoms with Gasteiger partial charge in [-0.25, -0.2) is 4.79 Å². The molecule has 1 fully saturated rings. The van der Waals surface area contributed by atoms with E-state index in [0.717, 1.165) is 18.9 Å². The van der Waals surface area contributed by atoms with E-state index in [-0.39, 0.29) is 5.41 Å². The van der Waals surface area contributed by atoms with Crippen molar-refractivity contribution in [1.82, 2.24) is 0 Å². The zero-order valence-corrected chi connectivity index (χ0v) is 16.7. The lowest BCUT2D eigenvalue weighted by atomic mass is 9.68. The molecule has 1 aliphatic heterocycles. The van der Waals surface area contributed by atoms with E-state index in [4.69, 9.17) is 18.3 Å². The Labute approximate surface area is 141 Å². The van der Waals surface area contributed by atoms with Crippen molar-refractivity contribution >= 4 is 14.5 Å². The molecule has 0 amide bonds. The van der Waals surface area contributed by atoms with Crippen molar-refractivity contribution in [1.29, 1.82) is 0 Å². The lowest BCUT2D eigenvalue weighted by Gasteiger charge is -2.62. The van der Waals surface area contributed by atoms with E-state index in [1.165, 1.54) is 6.08 Å². The molecule has 0 aromatic rings. The van der Waals surface area contributed by atoms with Gasteiger partial charge in [0.15, 0.2) is 5.22 Å². The third-order valence-corrected chi connectivity index (χ3v) is 10.2. The van der Waals surface area contributed by atoms with E-state index < -0.39 is 25.4 Å². The van der Waals surface area contributed by atoms with Crippen LogP contribution in [0.4, 0.5) is 0 Å². The standard InChI is InChI=1S/C17H32O5Si/c1-9-11-17(19-6)16(5,22-14(18)10-2)15(3,4)12-13-23(17,20-7)21-8/h10H,2,9,11-13H2,1,3-8H3. The number of carbonyl (C=O) groups excluding carboxylic acids is 1. The van der Waals surface area contributed by atoms with Crippen molar-refractivity contribution in [2.24, 2.45) is 5.41 Å². The van der Waals surface area contributed by atoms with Crippen LogP contribution in [0.2, 0.25) is 6.04 Å². The number of ether oxygens (including phenoxy) is 2. The molecular formula is C17H32O5Si. The Morgan fingerprint density at radius 2 is 1.78 bits per heavy atom. The second-order valence-corrected chi connectivity index (χ2v) is 10.6. The number of carbonyl (C=O) groups is 1. The van der Waals surface area contributed by atoms with Crippen LogP contribution in [0.15, 0.2) is 12.7 Å². The van der Waals surface area contributed by atoms with Crippen molar-refractivity contribution in [2.45, 2.75) is 63.8 Å². The molecule has 23 heavy (non-hydrogen) atoms. The normalized spacial score (nSPS) is 32.3. The second-order valence-electron chi connectivity index (χ2n) is 6.98. The molecule has 5 nitrogen and oxygen atoms in total. The molecule has 0 N–H and O–H groups in total. The third-order valence-electron chi connectivity index (χ3n) is 5.84. The summed E-state index contributed by atoms with van der Waals surface area (Å²) in [5.74, 6) is -0.449. The van der Waals surface area contributed by atoms with Crippen LogP contribution >= 0.6 is 0 Å². The molecule has 0 aliphatic carbocycles. The minimum Gasteiger partial charge on any atom is -0.453 e. The van der Waals surface area contributed by atoms with Crippen molar-refractivity contribution in [3.8, 4) is 0 Å². The van der Waals surface area contributed by atoms with Crippen LogP contribution in [0.1, 0.15) is 47.0 Å². The summed E-state index contributed by atoms with van der Waals surface area (Å²) in [7, 11) is 2.24. The molecule has 0 radical (unpaired) electrons. The number of methoxy groups -OCH3 is 1. The minimum atomic E-state index is -2.77. The highest BCUT2D eigenvalue weighted by atomic mass is 28.4. The predicted molar refractivity (Wildman–Crippen MR) is 92.3 cm³/mol. The van der Waals surface area contributed by atoms with Crippen molar-refractivity contribution in [3.05, 3.63) is 12.7 Å². The minimum absolute atomic E-state index is 0.287. The van der Waals surface area contributed by atoms with Gasteiger partial charge < -0.3 is 18.3 Å². The maximum absolute atomic E-state index is 12.1. The Hall–Kier alpha value is -0.693. The van der Waals surface area contributed by atoms with Gasteiger partial charge in [0.25, 0.3) is 0 Å². The topological polar surface area (TPSA) is 54.0 Å². The first-order valence-corrected chi connectivity index (χ1v) is 10.2. The SMILES string of the molecule is C=CC(=O)OC1(C)C(C)(C)CC[Si](OC)(OC)C1(CCC)OC. The molecule has 0 spiro atoms. The smallest absolute Gasteiger partial charge is 0.375 e. The lowest BCUT2D eigenvalue weighted by Crippen LogP contribution is -2.80. The molecule has 0 saturated carbocycles. The second kappa shape index (κ2) is 7.05. The van der Waals surface area contributed by atoms with Crippen molar-refractivity contribution in [3.63, 3.8) is 0 Å². The Balaban J connectivity index is 3.64. The van der Waals surface area contributed by atoms with Crippen LogP contribution in [-0.4, -0.2) is 46.7 Å². The van der Waals surface area contributed by atoms with Crippen molar-refractivity contribution < 1.29 is 23.1 Å². The number of hydrogen-bond acceptors (Lipinski definition) is 5. The Bertz CT molecular complexity index is 446. The van der Waals surface area contributed by atoms with Crippen LogP contribution in [0.25, 0.3) is 0 Å². The van der Waals surface area contributed by atoms with Gasteiger partial charge in [0.2, 0.25) is 0 Å². The molecule has 2 unspecified atom stereocenters. The quantitative estimate of drug-likeness (QED) is 0.403. The molecule has 1 saturated heterocycles. The van der Waals surface area contributed by atoms with Gasteiger partial charge in [0, 0.05) is 32.8 Å². The van der Waals surface area contributed by atoms with Crippen LogP contribution < -0.4 is 0 Å². The summed E-state index contributed by atoms with van der Waals surface area (Å²) in [4.78, 5) is 12.1. The van der Waals surface area contributed by atoms with Crippen LogP contribution in [-0.2, 0) is 23.1 Å². The molecule has 0 aromatic heterocycles. The summed E-state index contributed by atoms with van der Waals surface area (Å²) in [5.41, 5.74) is -1.17. The molecule has 2 atom stereocenters. The first kappa shape index (κ1) is 20.4. The van der Waals surface area contributed by atoms with E-state index in [2.05, 4.69) is 27.4 Å². The summed E-state index contributed by atoms with van der Waals surface area (Å²) < 4.78 is 24.0. The first-order valence-electron chi connectivity index (χ1n) is 8.16. The van der Waals surface area contributed by atoms with Gasteiger partial charge in [0.1, 0.15) is 5.60 Å². The predicted octanol–water partition coefficient (Wildman–Crippen LogP) is 3.36. The molecule has 0 bridgehead atoms. The van der Waals surface area contributed by atoms with E-state index in [1.54, 1.807) is 21.3 Å². The average molecular weight is 345 g/mol. The van der Waals surface area contributed by atoms with Gasteiger partial charge in [0.05, 0.1) is 0 Å². The zero-order chi connectivity index (χ0) is 17.9. The van der Waals surface area contributed by atoms with Crippen LogP contribution in [0.5, 0.6) is 0 Å². The maximum atomic E-state index is 12.1. The Morgan fingerprint density at radius 3 is 2.17 bits per heavy atom. The maximum Gasteiger partial charge on any atom is 0.375 e. The fourth-order valence-corrected chi connectivity index (χ4v) is 8.79. The van der Waals surface area contributed by atoms with Gasteiger partial charge in [-0.05, 0) is 25.8 Å². The molecule has 1 heterocycles. The molecule has 1 rings (SSSR count). The highest BCUT2D eigenvalue weighted by Crippen LogP contribution is 2.58. The summed E-state index contributed by atoms with van der Waals surface area (Å²) in [6.45, 7) is 11.8. The highest BCUT2D eigenvalue weighted by Gasteiger charge is 2.74. The Morgan fingerprint density at radius 1 is 1.22 bits per heavy atom. The average Bonchev–Trinajstić information content (AvgIpc) is 2.53. The third kappa shape index (κ3) is 2.79. The van der Waals surface area contributed by atoms with E-state index >= 15 is 0 Å². The number of hydrogen-bond donors (Lipinski definition) is 0. The molecule has 1 aliphatic rings. The van der Waals surface area contributed by atoms with Gasteiger partial charge in [-0.2, -0.15) is 0 Å². The number of esters is 1. The molecule has 6 heteroatoms. The van der Waals surface area contributed by atoms with Gasteiger partial charge >= 0.3 is 14.5 Å². The summed E-state index contributed by atoms with van der Waals surface area (Å²) >= 11 is 0.